The third-order valence-electron chi connectivity index (χ3n) is 4.14. The first kappa shape index (κ1) is 17.4. The van der Waals surface area contributed by atoms with Gasteiger partial charge in [-0.05, 0) is 35.7 Å². The molecule has 1 unspecified atom stereocenters. The number of thioether (sulfide) groups is 1. The van der Waals surface area contributed by atoms with Crippen LogP contribution in [0.4, 0.5) is 0 Å². The summed E-state index contributed by atoms with van der Waals surface area (Å²) >= 11 is 7.75. The van der Waals surface area contributed by atoms with Crippen LogP contribution < -0.4 is 5.73 Å². The maximum absolute atomic E-state index is 9.35. The average molecular weight is 361 g/mol. The van der Waals surface area contributed by atoms with Gasteiger partial charge in [0, 0.05) is 34.8 Å². The predicted molar refractivity (Wildman–Crippen MR) is 103 cm³/mol. The van der Waals surface area contributed by atoms with Gasteiger partial charge in [-0.3, -0.25) is 0 Å². The molecule has 2 aromatic carbocycles. The van der Waals surface area contributed by atoms with E-state index < -0.39 is 0 Å². The highest BCUT2D eigenvalue weighted by atomic mass is 35.5. The molecule has 24 heavy (non-hydrogen) atoms. The van der Waals surface area contributed by atoms with Gasteiger partial charge in [-0.1, -0.05) is 41.9 Å². The molecule has 0 aliphatic rings. The number of hydrogen-bond acceptors (Lipinski definition) is 3. The smallest absolute Gasteiger partial charge is 0.0792 e. The van der Waals surface area contributed by atoms with Gasteiger partial charge in [0.05, 0.1) is 11.6 Å². The number of hydrogen-bond donors (Lipinski definition) is 2. The molecule has 0 spiro atoms. The van der Waals surface area contributed by atoms with Gasteiger partial charge >= 0.3 is 0 Å². The summed E-state index contributed by atoms with van der Waals surface area (Å²) in [6, 6.07) is 16.0. The van der Waals surface area contributed by atoms with E-state index in [4.69, 9.17) is 17.3 Å². The molecule has 3 N–H and O–H groups in total. The number of aromatic nitrogens is 1. The Bertz CT molecular complexity index is 829. The zero-order valence-electron chi connectivity index (χ0n) is 13.6. The zero-order valence-corrected chi connectivity index (χ0v) is 15.1. The van der Waals surface area contributed by atoms with E-state index >= 15 is 0 Å². The number of nitrogens with two attached hydrogens (primary N) is 1. The summed E-state index contributed by atoms with van der Waals surface area (Å²) in [7, 11) is 2.08. The van der Waals surface area contributed by atoms with Crippen molar-refractivity contribution < 1.29 is 5.11 Å². The molecule has 0 saturated heterocycles. The van der Waals surface area contributed by atoms with Crippen LogP contribution in [0, 0.1) is 0 Å². The Kier molecular flexibility index (Phi) is 5.51. The van der Waals surface area contributed by atoms with E-state index in [2.05, 4.69) is 35.9 Å². The van der Waals surface area contributed by atoms with Crippen LogP contribution in [-0.4, -0.2) is 22.3 Å². The van der Waals surface area contributed by atoms with Crippen molar-refractivity contribution in [3.63, 3.8) is 0 Å². The highest BCUT2D eigenvalue weighted by Crippen LogP contribution is 2.35. The summed E-state index contributed by atoms with van der Waals surface area (Å²) in [5.41, 5.74) is 9.65. The number of aryl methyl sites for hydroxylation is 1. The zero-order chi connectivity index (χ0) is 17.1. The molecule has 1 heterocycles. The third kappa shape index (κ3) is 3.62. The van der Waals surface area contributed by atoms with Crippen molar-refractivity contribution in [1.29, 1.82) is 0 Å². The lowest BCUT2D eigenvalue weighted by atomic mass is 10.1. The van der Waals surface area contributed by atoms with E-state index in [1.54, 1.807) is 11.8 Å². The topological polar surface area (TPSA) is 51.2 Å². The number of benzene rings is 2. The fraction of sp³-hybridized carbons (Fsp3) is 0.263. The predicted octanol–water partition coefficient (Wildman–Crippen LogP) is 3.99. The van der Waals surface area contributed by atoms with Crippen LogP contribution in [0.2, 0.25) is 5.02 Å². The standard InChI is InChI=1S/C19H21ClN2OS/c1-22-18-5-3-2-4-16(18)17(10-15(21)11-23)19(22)24-12-13-6-8-14(20)9-7-13/h2-9,15,23H,10-12,21H2,1H3. The number of halogens is 1. The highest BCUT2D eigenvalue weighted by molar-refractivity contribution is 7.98. The number of aliphatic hydroxyl groups excluding tert-OH is 1. The van der Waals surface area contributed by atoms with Crippen LogP contribution in [0.5, 0.6) is 0 Å². The Morgan fingerprint density at radius 3 is 2.58 bits per heavy atom. The Balaban J connectivity index is 1.94. The lowest BCUT2D eigenvalue weighted by molar-refractivity contribution is 0.265. The average Bonchev–Trinajstić information content (AvgIpc) is 2.87. The van der Waals surface area contributed by atoms with E-state index in [0.717, 1.165) is 10.8 Å². The highest BCUT2D eigenvalue weighted by Gasteiger charge is 2.17. The molecule has 5 heteroatoms. The summed E-state index contributed by atoms with van der Waals surface area (Å²) in [6.45, 7) is -0.00941. The molecule has 0 aliphatic heterocycles. The maximum Gasteiger partial charge on any atom is 0.0792 e. The molecule has 1 aromatic heterocycles. The van der Waals surface area contributed by atoms with E-state index in [-0.39, 0.29) is 12.6 Å². The molecular formula is C19H21ClN2OS. The first-order valence-corrected chi connectivity index (χ1v) is 9.26. The van der Waals surface area contributed by atoms with Gasteiger partial charge in [-0.15, -0.1) is 11.8 Å². The van der Waals surface area contributed by atoms with Crippen LogP contribution in [0.25, 0.3) is 10.9 Å². The van der Waals surface area contributed by atoms with Gasteiger partial charge in [0.15, 0.2) is 0 Å². The van der Waals surface area contributed by atoms with Crippen molar-refractivity contribution in [2.75, 3.05) is 6.61 Å². The van der Waals surface area contributed by atoms with Crippen molar-refractivity contribution in [2.45, 2.75) is 23.2 Å². The van der Waals surface area contributed by atoms with Crippen LogP contribution in [0.1, 0.15) is 11.1 Å². The fourth-order valence-electron chi connectivity index (χ4n) is 2.89. The second kappa shape index (κ2) is 7.62. The molecule has 1 atom stereocenters. The Morgan fingerprint density at radius 2 is 1.88 bits per heavy atom. The first-order chi connectivity index (χ1) is 11.6. The first-order valence-electron chi connectivity index (χ1n) is 7.90. The number of para-hydroxylation sites is 1. The van der Waals surface area contributed by atoms with Crippen LogP contribution in [0.3, 0.4) is 0 Å². The van der Waals surface area contributed by atoms with Gasteiger partial charge in [-0.25, -0.2) is 0 Å². The largest absolute Gasteiger partial charge is 0.395 e. The van der Waals surface area contributed by atoms with Gasteiger partial charge < -0.3 is 15.4 Å². The second-order valence-electron chi connectivity index (χ2n) is 5.92. The normalized spacial score (nSPS) is 12.7. The number of aliphatic hydroxyl groups is 1. The molecule has 0 radical (unpaired) electrons. The van der Waals surface area contributed by atoms with Crippen LogP contribution in [0.15, 0.2) is 53.6 Å². The minimum Gasteiger partial charge on any atom is -0.395 e. The van der Waals surface area contributed by atoms with Gasteiger partial charge in [0.25, 0.3) is 0 Å². The molecular weight excluding hydrogens is 340 g/mol. The minimum atomic E-state index is -0.245. The molecule has 0 bridgehead atoms. The van der Waals surface area contributed by atoms with Crippen molar-refractivity contribution >= 4 is 34.3 Å². The van der Waals surface area contributed by atoms with Crippen molar-refractivity contribution in [2.24, 2.45) is 12.8 Å². The Morgan fingerprint density at radius 1 is 1.17 bits per heavy atom. The molecule has 3 nitrogen and oxygen atoms in total. The minimum absolute atomic E-state index is 0.00941. The van der Waals surface area contributed by atoms with E-state index in [0.29, 0.717) is 6.42 Å². The molecule has 0 saturated carbocycles. The summed E-state index contributed by atoms with van der Waals surface area (Å²) in [5.74, 6) is 0.864. The summed E-state index contributed by atoms with van der Waals surface area (Å²) < 4.78 is 2.22. The number of rotatable bonds is 6. The van der Waals surface area contributed by atoms with Crippen molar-refractivity contribution in [1.82, 2.24) is 4.57 Å². The van der Waals surface area contributed by atoms with Crippen LogP contribution in [-0.2, 0) is 19.2 Å². The van der Waals surface area contributed by atoms with Gasteiger partial charge in [-0.2, -0.15) is 0 Å². The molecule has 0 fully saturated rings. The van der Waals surface area contributed by atoms with Crippen LogP contribution >= 0.6 is 23.4 Å². The van der Waals surface area contributed by atoms with E-state index in [1.165, 1.54) is 27.1 Å². The van der Waals surface area contributed by atoms with E-state index in [9.17, 15) is 5.11 Å². The SMILES string of the molecule is Cn1c(SCc2ccc(Cl)cc2)c(CC(N)CO)c2ccccc21. The molecule has 0 aliphatic carbocycles. The lowest BCUT2D eigenvalue weighted by Gasteiger charge is -2.11. The van der Waals surface area contributed by atoms with Crippen molar-refractivity contribution in [3.8, 4) is 0 Å². The quantitative estimate of drug-likeness (QED) is 0.653. The third-order valence-corrected chi connectivity index (χ3v) is 5.67. The molecule has 0 amide bonds. The summed E-state index contributed by atoms with van der Waals surface area (Å²) in [6.07, 6.45) is 0.667. The van der Waals surface area contributed by atoms with Gasteiger partial charge in [0.1, 0.15) is 0 Å². The van der Waals surface area contributed by atoms with E-state index in [1.807, 2.05) is 24.3 Å². The number of fused-ring (bicyclic) bond motifs is 1. The lowest BCUT2D eigenvalue weighted by Crippen LogP contribution is -2.27. The Hall–Kier alpha value is -1.46. The van der Waals surface area contributed by atoms with Crippen molar-refractivity contribution in [3.05, 3.63) is 64.7 Å². The van der Waals surface area contributed by atoms with Gasteiger partial charge in [0.2, 0.25) is 0 Å². The monoisotopic (exact) mass is 360 g/mol. The number of nitrogens with zero attached hydrogens (tertiary/aromatic N) is 1. The molecule has 3 rings (SSSR count). The maximum atomic E-state index is 9.35. The summed E-state index contributed by atoms with van der Waals surface area (Å²) in [4.78, 5) is 0. The second-order valence-corrected chi connectivity index (χ2v) is 7.32. The fourth-order valence-corrected chi connectivity index (χ4v) is 4.17. The molecule has 126 valence electrons. The molecule has 3 aromatic rings. The summed E-state index contributed by atoms with van der Waals surface area (Å²) in [5, 5.41) is 12.5. The Labute approximate surface area is 151 Å².